The van der Waals surface area contributed by atoms with Crippen molar-refractivity contribution in [3.8, 4) is 0 Å². The van der Waals surface area contributed by atoms with E-state index in [0.717, 1.165) is 4.90 Å². The van der Waals surface area contributed by atoms with Gasteiger partial charge in [-0.1, -0.05) is 6.07 Å². The number of carboxylic acids is 1. The minimum atomic E-state index is -1.13. The van der Waals surface area contributed by atoms with Gasteiger partial charge in [-0.25, -0.2) is 0 Å². The van der Waals surface area contributed by atoms with Gasteiger partial charge >= 0.3 is 5.97 Å². The van der Waals surface area contributed by atoms with E-state index in [-0.39, 0.29) is 0 Å². The molecule has 0 saturated carbocycles. The van der Waals surface area contributed by atoms with Gasteiger partial charge in [0.15, 0.2) is 0 Å². The van der Waals surface area contributed by atoms with Gasteiger partial charge in [0, 0.05) is 10.6 Å². The Bertz CT molecular complexity index is 406. The van der Waals surface area contributed by atoms with Crippen LogP contribution in [0.3, 0.4) is 0 Å². The normalized spacial score (nSPS) is 11.9. The van der Waals surface area contributed by atoms with Crippen molar-refractivity contribution in [1.82, 2.24) is 0 Å². The number of anilines is 1. The fourth-order valence-electron chi connectivity index (χ4n) is 1.06. The average Bonchev–Trinajstić information content (AvgIpc) is 2.28. The Kier molecular flexibility index (Phi) is 4.37. The third-order valence-electron chi connectivity index (χ3n) is 2.10. The molecule has 1 amide bonds. The predicted octanol–water partition coefficient (Wildman–Crippen LogP) is 2.07. The Hall–Kier alpha value is -1.49. The molecule has 1 rings (SSSR count). The summed E-state index contributed by atoms with van der Waals surface area (Å²) >= 11 is 1.56. The number of carbonyl (C=O) groups is 2. The number of carboxylic acid groups (broad SMARTS) is 1. The highest BCUT2D eigenvalue weighted by Gasteiger charge is 2.20. The summed E-state index contributed by atoms with van der Waals surface area (Å²) in [5.41, 5.74) is 0.616. The number of nitrogens with one attached hydrogen (secondary N) is 1. The first-order valence-corrected chi connectivity index (χ1v) is 5.95. The van der Waals surface area contributed by atoms with Gasteiger partial charge in [0.1, 0.15) is 5.92 Å². The predicted molar refractivity (Wildman–Crippen MR) is 63.7 cm³/mol. The summed E-state index contributed by atoms with van der Waals surface area (Å²) in [4.78, 5) is 23.1. The number of amides is 1. The monoisotopic (exact) mass is 239 g/mol. The topological polar surface area (TPSA) is 66.4 Å². The second-order valence-electron chi connectivity index (χ2n) is 3.28. The van der Waals surface area contributed by atoms with E-state index in [1.54, 1.807) is 23.9 Å². The van der Waals surface area contributed by atoms with Crippen LogP contribution < -0.4 is 5.32 Å². The van der Waals surface area contributed by atoms with Crippen LogP contribution in [0, 0.1) is 5.92 Å². The molecule has 4 nitrogen and oxygen atoms in total. The molecule has 0 saturated heterocycles. The molecule has 0 aliphatic carbocycles. The number of carbonyl (C=O) groups excluding carboxylic acids is 1. The van der Waals surface area contributed by atoms with Crippen molar-refractivity contribution in [3.63, 3.8) is 0 Å². The number of rotatable bonds is 4. The number of thioether (sulfide) groups is 1. The van der Waals surface area contributed by atoms with E-state index in [2.05, 4.69) is 5.32 Å². The van der Waals surface area contributed by atoms with Gasteiger partial charge in [0.25, 0.3) is 0 Å². The van der Waals surface area contributed by atoms with E-state index < -0.39 is 17.8 Å². The summed E-state index contributed by atoms with van der Waals surface area (Å²) in [7, 11) is 0. The van der Waals surface area contributed by atoms with Crippen molar-refractivity contribution in [2.45, 2.75) is 11.8 Å². The van der Waals surface area contributed by atoms with E-state index >= 15 is 0 Å². The quantitative estimate of drug-likeness (QED) is 0.623. The maximum absolute atomic E-state index is 11.5. The highest BCUT2D eigenvalue weighted by Crippen LogP contribution is 2.19. The molecule has 0 bridgehead atoms. The molecular formula is C11H13NO3S. The van der Waals surface area contributed by atoms with E-state index in [4.69, 9.17) is 5.11 Å². The smallest absolute Gasteiger partial charge is 0.315 e. The zero-order valence-corrected chi connectivity index (χ0v) is 9.88. The summed E-state index contributed by atoms with van der Waals surface area (Å²) < 4.78 is 0. The average molecular weight is 239 g/mol. The van der Waals surface area contributed by atoms with Crippen molar-refractivity contribution in [3.05, 3.63) is 24.3 Å². The van der Waals surface area contributed by atoms with E-state index in [1.165, 1.54) is 6.92 Å². The molecule has 2 N–H and O–H groups in total. The maximum atomic E-state index is 11.5. The molecule has 0 heterocycles. The number of hydrogen-bond donors (Lipinski definition) is 2. The van der Waals surface area contributed by atoms with Gasteiger partial charge in [0.2, 0.25) is 5.91 Å². The Morgan fingerprint density at radius 2 is 2.12 bits per heavy atom. The summed E-state index contributed by atoms with van der Waals surface area (Å²) in [6.45, 7) is 1.36. The molecule has 5 heteroatoms. The van der Waals surface area contributed by atoms with Crippen LogP contribution in [-0.4, -0.2) is 23.2 Å². The molecule has 1 aromatic rings. The molecule has 0 aromatic heterocycles. The SMILES string of the molecule is CSc1cccc(NC(=O)C(C)C(=O)O)c1. The molecular weight excluding hydrogens is 226 g/mol. The van der Waals surface area contributed by atoms with Crippen LogP contribution in [0.5, 0.6) is 0 Å². The first-order chi connectivity index (χ1) is 7.54. The lowest BCUT2D eigenvalue weighted by Crippen LogP contribution is -2.26. The lowest BCUT2D eigenvalue weighted by Gasteiger charge is -2.08. The minimum Gasteiger partial charge on any atom is -0.481 e. The van der Waals surface area contributed by atoms with Crippen molar-refractivity contribution < 1.29 is 14.7 Å². The van der Waals surface area contributed by atoms with E-state index in [1.807, 2.05) is 18.4 Å². The Morgan fingerprint density at radius 3 is 2.69 bits per heavy atom. The van der Waals surface area contributed by atoms with Crippen LogP contribution in [0.15, 0.2) is 29.2 Å². The zero-order valence-electron chi connectivity index (χ0n) is 9.06. The number of benzene rings is 1. The molecule has 1 aromatic carbocycles. The highest BCUT2D eigenvalue weighted by atomic mass is 32.2. The minimum absolute atomic E-state index is 0.509. The number of aliphatic carboxylic acids is 1. The number of hydrogen-bond acceptors (Lipinski definition) is 3. The Balaban J connectivity index is 2.73. The molecule has 0 aliphatic rings. The van der Waals surface area contributed by atoms with Gasteiger partial charge in [-0.05, 0) is 31.4 Å². The lowest BCUT2D eigenvalue weighted by atomic mass is 10.1. The molecule has 1 unspecified atom stereocenters. The van der Waals surface area contributed by atoms with Crippen molar-refractivity contribution in [1.29, 1.82) is 0 Å². The Morgan fingerprint density at radius 1 is 1.44 bits per heavy atom. The molecule has 0 spiro atoms. The standard InChI is InChI=1S/C11H13NO3S/c1-7(11(14)15)10(13)12-8-4-3-5-9(6-8)16-2/h3-7H,1-2H3,(H,12,13)(H,14,15). The van der Waals surface area contributed by atoms with Gasteiger partial charge in [-0.2, -0.15) is 0 Å². The molecule has 1 atom stereocenters. The maximum Gasteiger partial charge on any atom is 0.315 e. The van der Waals surface area contributed by atoms with Crippen LogP contribution in [-0.2, 0) is 9.59 Å². The van der Waals surface area contributed by atoms with Crippen LogP contribution in [0.2, 0.25) is 0 Å². The lowest BCUT2D eigenvalue weighted by molar-refractivity contribution is -0.144. The Labute approximate surface area is 98.0 Å². The van der Waals surface area contributed by atoms with Crippen LogP contribution in [0.1, 0.15) is 6.92 Å². The van der Waals surface area contributed by atoms with Crippen molar-refractivity contribution in [2.24, 2.45) is 5.92 Å². The second-order valence-corrected chi connectivity index (χ2v) is 4.16. The van der Waals surface area contributed by atoms with Gasteiger partial charge < -0.3 is 10.4 Å². The summed E-state index contributed by atoms with van der Waals surface area (Å²) in [6.07, 6.45) is 1.93. The van der Waals surface area contributed by atoms with Gasteiger partial charge in [-0.15, -0.1) is 11.8 Å². The van der Waals surface area contributed by atoms with E-state index in [9.17, 15) is 9.59 Å². The fourth-order valence-corrected chi connectivity index (χ4v) is 1.52. The van der Waals surface area contributed by atoms with E-state index in [0.29, 0.717) is 5.69 Å². The van der Waals surface area contributed by atoms with Crippen LogP contribution in [0.25, 0.3) is 0 Å². The molecule has 0 aliphatic heterocycles. The second kappa shape index (κ2) is 5.55. The van der Waals surface area contributed by atoms with Crippen LogP contribution >= 0.6 is 11.8 Å². The third-order valence-corrected chi connectivity index (χ3v) is 2.83. The fraction of sp³-hybridized carbons (Fsp3) is 0.273. The molecule has 86 valence electrons. The third kappa shape index (κ3) is 3.27. The summed E-state index contributed by atoms with van der Waals surface area (Å²) in [5.74, 6) is -2.68. The van der Waals surface area contributed by atoms with Gasteiger partial charge in [0.05, 0.1) is 0 Å². The highest BCUT2D eigenvalue weighted by molar-refractivity contribution is 7.98. The zero-order chi connectivity index (χ0) is 12.1. The largest absolute Gasteiger partial charge is 0.481 e. The summed E-state index contributed by atoms with van der Waals surface area (Å²) in [6, 6.07) is 7.26. The van der Waals surface area contributed by atoms with Crippen LogP contribution in [0.4, 0.5) is 5.69 Å². The van der Waals surface area contributed by atoms with Crippen molar-refractivity contribution in [2.75, 3.05) is 11.6 Å². The van der Waals surface area contributed by atoms with Crippen molar-refractivity contribution >= 4 is 29.3 Å². The van der Waals surface area contributed by atoms with Gasteiger partial charge in [-0.3, -0.25) is 9.59 Å². The first kappa shape index (κ1) is 12.6. The molecule has 0 radical (unpaired) electrons. The molecule has 16 heavy (non-hydrogen) atoms. The summed E-state index contributed by atoms with van der Waals surface area (Å²) in [5, 5.41) is 11.2. The molecule has 0 fully saturated rings. The first-order valence-electron chi connectivity index (χ1n) is 4.72.